The lowest BCUT2D eigenvalue weighted by molar-refractivity contribution is 0.478. The second kappa shape index (κ2) is 5.54. The number of aromatic nitrogens is 6. The highest BCUT2D eigenvalue weighted by Gasteiger charge is 2.09. The first-order valence-electron chi connectivity index (χ1n) is 6.12. The minimum absolute atomic E-state index is 0.224. The molecule has 10 heteroatoms. The Morgan fingerprint density at radius 1 is 1.29 bits per heavy atom. The maximum absolute atomic E-state index is 5.36. The molecule has 0 fully saturated rings. The molecule has 0 saturated carbocycles. The zero-order valence-corrected chi connectivity index (χ0v) is 11.2. The average Bonchev–Trinajstić information content (AvgIpc) is 3.16. The fourth-order valence-corrected chi connectivity index (χ4v) is 1.64. The molecule has 4 N–H and O–H groups in total. The van der Waals surface area contributed by atoms with Crippen LogP contribution in [0.5, 0.6) is 0 Å². The molecule has 3 heterocycles. The van der Waals surface area contributed by atoms with E-state index in [0.29, 0.717) is 24.3 Å². The van der Waals surface area contributed by atoms with Gasteiger partial charge in [-0.15, -0.1) is 0 Å². The maximum Gasteiger partial charge on any atom is 0.257 e. The molecular weight excluding hydrogens is 274 g/mol. The van der Waals surface area contributed by atoms with Gasteiger partial charge in [-0.3, -0.25) is 5.43 Å². The van der Waals surface area contributed by atoms with Gasteiger partial charge < -0.3 is 9.73 Å². The number of nitrogen functional groups attached to an aromatic ring is 1. The van der Waals surface area contributed by atoms with E-state index in [1.54, 1.807) is 24.7 Å². The third kappa shape index (κ3) is 2.95. The molecule has 0 aromatic carbocycles. The van der Waals surface area contributed by atoms with Crippen molar-refractivity contribution < 1.29 is 4.42 Å². The maximum atomic E-state index is 5.36. The smallest absolute Gasteiger partial charge is 0.257 e. The third-order valence-electron chi connectivity index (χ3n) is 2.53. The van der Waals surface area contributed by atoms with Crippen LogP contribution in [-0.4, -0.2) is 29.7 Å². The first-order valence-corrected chi connectivity index (χ1v) is 6.12. The van der Waals surface area contributed by atoms with E-state index in [4.69, 9.17) is 10.3 Å². The lowest BCUT2D eigenvalue weighted by Gasteiger charge is -2.07. The molecule has 0 unspecified atom stereocenters. The van der Waals surface area contributed by atoms with Gasteiger partial charge >= 0.3 is 0 Å². The summed E-state index contributed by atoms with van der Waals surface area (Å²) >= 11 is 0. The Balaban J connectivity index is 1.82. The summed E-state index contributed by atoms with van der Waals surface area (Å²) in [6.45, 7) is 2.17. The van der Waals surface area contributed by atoms with Crippen molar-refractivity contribution in [2.75, 3.05) is 10.7 Å². The normalized spacial score (nSPS) is 10.6. The summed E-state index contributed by atoms with van der Waals surface area (Å²) in [4.78, 5) is 16.6. The summed E-state index contributed by atoms with van der Waals surface area (Å²) in [6.07, 6.45) is 4.99. The van der Waals surface area contributed by atoms with E-state index in [9.17, 15) is 0 Å². The van der Waals surface area contributed by atoms with Gasteiger partial charge in [0, 0.05) is 12.4 Å². The summed E-state index contributed by atoms with van der Waals surface area (Å²) in [7, 11) is 0. The van der Waals surface area contributed by atoms with Gasteiger partial charge in [-0.2, -0.15) is 20.1 Å². The minimum atomic E-state index is 0.224. The van der Waals surface area contributed by atoms with Gasteiger partial charge in [0.1, 0.15) is 5.76 Å². The molecule has 0 bridgehead atoms. The Bertz CT molecular complexity index is 721. The van der Waals surface area contributed by atoms with Crippen LogP contribution in [-0.2, 0) is 6.54 Å². The van der Waals surface area contributed by atoms with Crippen molar-refractivity contribution in [3.8, 4) is 5.95 Å². The monoisotopic (exact) mass is 287 g/mol. The van der Waals surface area contributed by atoms with Gasteiger partial charge in [-0.1, -0.05) is 0 Å². The van der Waals surface area contributed by atoms with E-state index in [1.807, 2.05) is 6.92 Å². The van der Waals surface area contributed by atoms with Crippen LogP contribution in [0.15, 0.2) is 29.1 Å². The van der Waals surface area contributed by atoms with Crippen LogP contribution >= 0.6 is 0 Å². The number of oxazole rings is 1. The van der Waals surface area contributed by atoms with Crippen molar-refractivity contribution in [1.29, 1.82) is 0 Å². The molecule has 21 heavy (non-hydrogen) atoms. The lowest BCUT2D eigenvalue weighted by atomic mass is 10.6. The second-order valence-electron chi connectivity index (χ2n) is 4.10. The summed E-state index contributed by atoms with van der Waals surface area (Å²) in [5.41, 5.74) is 2.39. The molecular formula is C11H13N9O. The number of nitrogens with zero attached hydrogens (tertiary/aromatic N) is 6. The first kappa shape index (κ1) is 13.0. The number of nitrogens with two attached hydrogens (primary N) is 1. The molecule has 0 spiro atoms. The molecule has 0 aliphatic rings. The quantitative estimate of drug-likeness (QED) is 0.446. The van der Waals surface area contributed by atoms with Crippen molar-refractivity contribution in [1.82, 2.24) is 29.7 Å². The predicted molar refractivity (Wildman–Crippen MR) is 73.3 cm³/mol. The van der Waals surface area contributed by atoms with Gasteiger partial charge in [0.15, 0.2) is 0 Å². The van der Waals surface area contributed by atoms with Crippen LogP contribution in [0.1, 0.15) is 11.7 Å². The molecule has 10 nitrogen and oxygen atoms in total. The molecule has 3 aromatic heterocycles. The van der Waals surface area contributed by atoms with E-state index < -0.39 is 0 Å². The molecule has 3 rings (SSSR count). The first-order chi connectivity index (χ1) is 10.2. The number of rotatable bonds is 5. The fourth-order valence-electron chi connectivity index (χ4n) is 1.64. The van der Waals surface area contributed by atoms with Crippen LogP contribution in [0.3, 0.4) is 0 Å². The van der Waals surface area contributed by atoms with Crippen molar-refractivity contribution in [2.24, 2.45) is 5.84 Å². The zero-order chi connectivity index (χ0) is 14.7. The van der Waals surface area contributed by atoms with Gasteiger partial charge in [0.05, 0.1) is 12.7 Å². The summed E-state index contributed by atoms with van der Waals surface area (Å²) in [5, 5.41) is 7.06. The Morgan fingerprint density at radius 2 is 2.14 bits per heavy atom. The standard InChI is InChI=1S/C11H13N9O/c1-7-5-13-8(21-7)6-14-9-16-10(19-12)18-11(17-9)20-4-2-3-15-20/h2-5H,6,12H2,1H3,(H2,14,16,17,18,19). The van der Waals surface area contributed by atoms with Gasteiger partial charge in [0.2, 0.25) is 17.8 Å². The Hall–Kier alpha value is -3.01. The third-order valence-corrected chi connectivity index (χ3v) is 2.53. The number of anilines is 2. The van der Waals surface area contributed by atoms with Crippen LogP contribution in [0.25, 0.3) is 5.95 Å². The summed E-state index contributed by atoms with van der Waals surface area (Å²) in [6, 6.07) is 1.77. The average molecular weight is 287 g/mol. The highest BCUT2D eigenvalue weighted by Crippen LogP contribution is 2.09. The molecule has 0 aliphatic heterocycles. The molecule has 0 aliphatic carbocycles. The van der Waals surface area contributed by atoms with Crippen LogP contribution < -0.4 is 16.6 Å². The Labute approximate surface area is 119 Å². The molecule has 0 radical (unpaired) electrons. The van der Waals surface area contributed by atoms with E-state index in [-0.39, 0.29) is 5.95 Å². The van der Waals surface area contributed by atoms with Gasteiger partial charge in [-0.05, 0) is 13.0 Å². The number of nitrogens with one attached hydrogen (secondary N) is 2. The van der Waals surface area contributed by atoms with E-state index in [1.165, 1.54) is 4.68 Å². The molecule has 3 aromatic rings. The number of hydrogen-bond donors (Lipinski definition) is 3. The van der Waals surface area contributed by atoms with Gasteiger partial charge in [-0.25, -0.2) is 15.5 Å². The molecule has 0 amide bonds. The summed E-state index contributed by atoms with van der Waals surface area (Å²) < 4.78 is 6.86. The number of hydrogen-bond acceptors (Lipinski definition) is 9. The van der Waals surface area contributed by atoms with Crippen LogP contribution in [0.4, 0.5) is 11.9 Å². The number of aryl methyl sites for hydroxylation is 1. The predicted octanol–water partition coefficient (Wildman–Crippen LogP) is 0.251. The fraction of sp³-hybridized carbons (Fsp3) is 0.182. The Kier molecular flexibility index (Phi) is 3.43. The second-order valence-corrected chi connectivity index (χ2v) is 4.10. The zero-order valence-electron chi connectivity index (χ0n) is 11.2. The number of hydrazine groups is 1. The highest BCUT2D eigenvalue weighted by atomic mass is 16.4. The van der Waals surface area contributed by atoms with Crippen LogP contribution in [0, 0.1) is 6.92 Å². The van der Waals surface area contributed by atoms with Crippen LogP contribution in [0.2, 0.25) is 0 Å². The van der Waals surface area contributed by atoms with Gasteiger partial charge in [0.25, 0.3) is 5.95 Å². The van der Waals surface area contributed by atoms with Crippen molar-refractivity contribution in [2.45, 2.75) is 13.5 Å². The SMILES string of the molecule is Cc1cnc(CNc2nc(NN)nc(-n3cccn3)n2)o1. The molecule has 0 saturated heterocycles. The molecule has 0 atom stereocenters. The van der Waals surface area contributed by atoms with Crippen molar-refractivity contribution >= 4 is 11.9 Å². The summed E-state index contributed by atoms with van der Waals surface area (Å²) in [5.74, 6) is 7.54. The largest absolute Gasteiger partial charge is 0.444 e. The van der Waals surface area contributed by atoms with Crippen molar-refractivity contribution in [3.63, 3.8) is 0 Å². The highest BCUT2D eigenvalue weighted by molar-refractivity contribution is 5.36. The van der Waals surface area contributed by atoms with E-state index >= 15 is 0 Å². The van der Waals surface area contributed by atoms with E-state index in [2.05, 4.69) is 35.8 Å². The minimum Gasteiger partial charge on any atom is -0.444 e. The Morgan fingerprint density at radius 3 is 2.81 bits per heavy atom. The van der Waals surface area contributed by atoms with Crippen molar-refractivity contribution in [3.05, 3.63) is 36.3 Å². The molecule has 108 valence electrons. The lowest BCUT2D eigenvalue weighted by Crippen LogP contribution is -2.16. The van der Waals surface area contributed by atoms with E-state index in [0.717, 1.165) is 5.76 Å². The topological polar surface area (TPSA) is 133 Å².